The minimum Gasteiger partial charge on any atom is -0.379 e. The number of hydrogen-bond donors (Lipinski definition) is 2. The van der Waals surface area contributed by atoms with Crippen LogP contribution in [0.4, 0.5) is 0 Å². The molecule has 0 aromatic carbocycles. The summed E-state index contributed by atoms with van der Waals surface area (Å²) in [5.41, 5.74) is 0. The summed E-state index contributed by atoms with van der Waals surface area (Å²) in [7, 11) is 0. The third kappa shape index (κ3) is 1.62. The number of rotatable bonds is 0. The molecule has 0 aromatic heterocycles. The van der Waals surface area contributed by atoms with E-state index in [1.165, 1.54) is 0 Å². The van der Waals surface area contributed by atoms with Gasteiger partial charge in [0.05, 0.1) is 5.37 Å². The first kappa shape index (κ1) is 5.76. The van der Waals surface area contributed by atoms with Gasteiger partial charge in [-0.1, -0.05) is 12.2 Å². The van der Waals surface area contributed by atoms with Crippen LogP contribution in [0, 0.1) is 0 Å². The van der Waals surface area contributed by atoms with Crippen molar-refractivity contribution < 1.29 is 0 Å². The lowest BCUT2D eigenvalue weighted by Crippen LogP contribution is -2.15. The van der Waals surface area contributed by atoms with E-state index in [1.807, 2.05) is 18.4 Å². The minimum atomic E-state index is 0.296. The molecule has 0 amide bonds. The summed E-state index contributed by atoms with van der Waals surface area (Å²) >= 11 is 4.22. The molecule has 0 spiro atoms. The summed E-state index contributed by atoms with van der Waals surface area (Å²) in [4.78, 5) is 0. The molecule has 0 radical (unpaired) electrons. The van der Waals surface area contributed by atoms with E-state index in [0.717, 1.165) is 6.42 Å². The molecular weight excluding hydrogens is 118 g/mol. The van der Waals surface area contributed by atoms with Gasteiger partial charge < -0.3 is 5.32 Å². The van der Waals surface area contributed by atoms with Gasteiger partial charge >= 0.3 is 0 Å². The molecule has 1 unspecified atom stereocenters. The van der Waals surface area contributed by atoms with Gasteiger partial charge in [0, 0.05) is 0 Å². The number of nitrogens with one attached hydrogen (secondary N) is 1. The molecule has 0 aromatic rings. The number of hydrogen-bond acceptors (Lipinski definition) is 2. The largest absolute Gasteiger partial charge is 0.379 e. The van der Waals surface area contributed by atoms with E-state index in [1.54, 1.807) is 0 Å². The summed E-state index contributed by atoms with van der Waals surface area (Å²) in [5, 5.41) is 3.36. The van der Waals surface area contributed by atoms with Gasteiger partial charge in [0.1, 0.15) is 0 Å². The van der Waals surface area contributed by atoms with Crippen LogP contribution in [-0.2, 0) is 0 Å². The van der Waals surface area contributed by atoms with E-state index in [2.05, 4.69) is 24.0 Å². The summed E-state index contributed by atoms with van der Waals surface area (Å²) in [6.07, 6.45) is 8.98. The zero-order valence-corrected chi connectivity index (χ0v) is 5.44. The molecule has 0 fully saturated rings. The van der Waals surface area contributed by atoms with E-state index in [4.69, 9.17) is 0 Å². The molecule has 0 aliphatic carbocycles. The van der Waals surface area contributed by atoms with E-state index in [-0.39, 0.29) is 0 Å². The van der Waals surface area contributed by atoms with Crippen molar-refractivity contribution in [3.63, 3.8) is 0 Å². The van der Waals surface area contributed by atoms with Crippen molar-refractivity contribution in [1.29, 1.82) is 0 Å². The normalized spacial score (nSPS) is 26.9. The Bertz CT molecular complexity index is 104. The molecule has 44 valence electrons. The van der Waals surface area contributed by atoms with Crippen LogP contribution in [0.3, 0.4) is 0 Å². The number of allylic oxidation sites excluding steroid dienone is 2. The monoisotopic (exact) mass is 127 g/mol. The summed E-state index contributed by atoms with van der Waals surface area (Å²) in [5.74, 6) is 0. The Labute approximate surface area is 54.9 Å². The maximum atomic E-state index is 4.22. The van der Waals surface area contributed by atoms with Crippen LogP contribution in [0.15, 0.2) is 24.4 Å². The van der Waals surface area contributed by atoms with Gasteiger partial charge in [-0.25, -0.2) is 0 Å². The van der Waals surface area contributed by atoms with Crippen molar-refractivity contribution in [2.75, 3.05) is 0 Å². The van der Waals surface area contributed by atoms with Crippen molar-refractivity contribution in [3.8, 4) is 0 Å². The molecule has 8 heavy (non-hydrogen) atoms. The zero-order valence-electron chi connectivity index (χ0n) is 4.54. The third-order valence-electron chi connectivity index (χ3n) is 0.991. The molecule has 1 aliphatic rings. The van der Waals surface area contributed by atoms with Gasteiger partial charge in [-0.05, 0) is 18.7 Å². The zero-order chi connectivity index (χ0) is 5.82. The average molecular weight is 127 g/mol. The summed E-state index contributed by atoms with van der Waals surface area (Å²) < 4.78 is 0. The fourth-order valence-electron chi connectivity index (χ4n) is 0.576. The summed E-state index contributed by atoms with van der Waals surface area (Å²) in [6.45, 7) is 0. The molecule has 2 heteroatoms. The first-order valence-electron chi connectivity index (χ1n) is 2.65. The SMILES string of the molecule is SC1CC=CC=CN1. The lowest BCUT2D eigenvalue weighted by atomic mass is 10.4. The quantitative estimate of drug-likeness (QED) is 0.467. The molecule has 0 bridgehead atoms. The van der Waals surface area contributed by atoms with Crippen molar-refractivity contribution in [2.24, 2.45) is 0 Å². The van der Waals surface area contributed by atoms with Crippen LogP contribution in [-0.4, -0.2) is 5.37 Å². The van der Waals surface area contributed by atoms with E-state index in [0.29, 0.717) is 5.37 Å². The van der Waals surface area contributed by atoms with E-state index >= 15 is 0 Å². The number of thiol groups is 1. The Kier molecular flexibility index (Phi) is 2.03. The first-order valence-corrected chi connectivity index (χ1v) is 3.17. The highest BCUT2D eigenvalue weighted by Gasteiger charge is 1.94. The third-order valence-corrected chi connectivity index (χ3v) is 1.35. The van der Waals surface area contributed by atoms with Crippen molar-refractivity contribution in [3.05, 3.63) is 24.4 Å². The Morgan fingerprint density at radius 2 is 2.38 bits per heavy atom. The van der Waals surface area contributed by atoms with E-state index in [9.17, 15) is 0 Å². The molecule has 1 aliphatic heterocycles. The van der Waals surface area contributed by atoms with Crippen LogP contribution in [0.5, 0.6) is 0 Å². The van der Waals surface area contributed by atoms with Gasteiger partial charge in [-0.3, -0.25) is 0 Å². The second-order valence-corrected chi connectivity index (χ2v) is 2.33. The second kappa shape index (κ2) is 2.82. The second-order valence-electron chi connectivity index (χ2n) is 1.71. The molecule has 1 nitrogen and oxygen atoms in total. The fourth-order valence-corrected chi connectivity index (χ4v) is 0.784. The Hall–Kier alpha value is -0.370. The lowest BCUT2D eigenvalue weighted by molar-refractivity contribution is 0.803. The molecular formula is C6H9NS. The van der Waals surface area contributed by atoms with Crippen LogP contribution in [0.1, 0.15) is 6.42 Å². The van der Waals surface area contributed by atoms with Crippen LogP contribution < -0.4 is 5.32 Å². The maximum absolute atomic E-state index is 4.22. The smallest absolute Gasteiger partial charge is 0.0722 e. The predicted octanol–water partition coefficient (Wildman–Crippen LogP) is 1.31. The lowest BCUT2D eigenvalue weighted by Gasteiger charge is -2.03. The standard InChI is InChI=1S/C6H9NS/c8-6-4-2-1-3-5-7-6/h1-3,5-8H,4H2. The molecule has 1 rings (SSSR count). The van der Waals surface area contributed by atoms with Crippen LogP contribution >= 0.6 is 12.6 Å². The highest BCUT2D eigenvalue weighted by molar-refractivity contribution is 7.80. The highest BCUT2D eigenvalue weighted by Crippen LogP contribution is 2.00. The van der Waals surface area contributed by atoms with Gasteiger partial charge in [0.2, 0.25) is 0 Å². The minimum absolute atomic E-state index is 0.296. The highest BCUT2D eigenvalue weighted by atomic mass is 32.1. The average Bonchev–Trinajstić information content (AvgIpc) is 1.94. The van der Waals surface area contributed by atoms with Crippen LogP contribution in [0.25, 0.3) is 0 Å². The summed E-state index contributed by atoms with van der Waals surface area (Å²) in [6, 6.07) is 0. The Morgan fingerprint density at radius 1 is 1.50 bits per heavy atom. The van der Waals surface area contributed by atoms with Crippen molar-refractivity contribution in [2.45, 2.75) is 11.8 Å². The van der Waals surface area contributed by atoms with Gasteiger partial charge in [-0.2, -0.15) is 12.6 Å². The topological polar surface area (TPSA) is 12.0 Å². The van der Waals surface area contributed by atoms with Crippen LogP contribution in [0.2, 0.25) is 0 Å². The van der Waals surface area contributed by atoms with Gasteiger partial charge in [-0.15, -0.1) is 0 Å². The van der Waals surface area contributed by atoms with Crippen molar-refractivity contribution in [1.82, 2.24) is 5.32 Å². The van der Waals surface area contributed by atoms with Gasteiger partial charge in [0.25, 0.3) is 0 Å². The molecule has 0 saturated heterocycles. The fraction of sp³-hybridized carbons (Fsp3) is 0.333. The predicted molar refractivity (Wildman–Crippen MR) is 38.8 cm³/mol. The van der Waals surface area contributed by atoms with Gasteiger partial charge in [0.15, 0.2) is 0 Å². The maximum Gasteiger partial charge on any atom is 0.0722 e. The Balaban J connectivity index is 2.45. The van der Waals surface area contributed by atoms with E-state index < -0.39 is 0 Å². The molecule has 0 saturated carbocycles. The Morgan fingerprint density at radius 3 is 3.25 bits per heavy atom. The van der Waals surface area contributed by atoms with Crippen molar-refractivity contribution >= 4 is 12.6 Å². The molecule has 1 heterocycles. The molecule has 1 N–H and O–H groups in total. The molecule has 1 atom stereocenters. The first-order chi connectivity index (χ1) is 3.89.